The second-order valence-electron chi connectivity index (χ2n) is 19.9. The number of unbranched alkanes of at least 4 members (excludes halogenated alkanes) is 1. The third kappa shape index (κ3) is 5.80. The Bertz CT molecular complexity index is 3960. The molecule has 3 nitrogen and oxygen atoms in total. The lowest BCUT2D eigenvalue weighted by Gasteiger charge is -2.42. The normalized spacial score (nSPS) is 13.4. The van der Waals surface area contributed by atoms with Gasteiger partial charge in [-0.05, 0) is 119 Å². The van der Waals surface area contributed by atoms with Crippen LogP contribution >= 0.6 is 23.1 Å². The maximum atomic E-state index is 2.70. The molecule has 0 atom stereocenters. The SMILES string of the molecule is CCCCc1c(N2c3cc(-n4c5ccccc5c5ccccc54)ccc3B3c4ccc(-n5c6ccccc6c6ccccc65)cc4Sc4cc(C(C)(C)C)cc2c43)ccc2sc3ccccc3c12. The van der Waals surface area contributed by atoms with Crippen molar-refractivity contribution >= 4 is 127 Å². The van der Waals surface area contributed by atoms with Gasteiger partial charge in [0.2, 0.25) is 6.71 Å². The Morgan fingerprint density at radius 1 is 0.485 bits per heavy atom. The van der Waals surface area contributed by atoms with Crippen LogP contribution in [0.1, 0.15) is 51.7 Å². The monoisotopic (exact) mass is 909 g/mol. The highest BCUT2D eigenvalue weighted by atomic mass is 32.2. The molecule has 0 aliphatic carbocycles. The highest BCUT2D eigenvalue weighted by molar-refractivity contribution is 8.00. The van der Waals surface area contributed by atoms with Crippen LogP contribution in [0.25, 0.3) is 75.2 Å². The largest absolute Gasteiger partial charge is 0.311 e. The topological polar surface area (TPSA) is 13.1 Å². The lowest BCUT2D eigenvalue weighted by atomic mass is 9.34. The molecule has 0 bridgehead atoms. The van der Waals surface area contributed by atoms with Crippen LogP contribution in [-0.2, 0) is 11.8 Å². The number of hydrogen-bond acceptors (Lipinski definition) is 3. The van der Waals surface area contributed by atoms with Gasteiger partial charge in [-0.1, -0.05) is 154 Å². The summed E-state index contributed by atoms with van der Waals surface area (Å²) in [4.78, 5) is 5.37. The first-order valence-corrected chi connectivity index (χ1v) is 25.8. The molecule has 6 heteroatoms. The maximum Gasteiger partial charge on any atom is 0.249 e. The summed E-state index contributed by atoms with van der Waals surface area (Å²) < 4.78 is 7.68. The fourth-order valence-corrected chi connectivity index (χ4v) is 14.2. The Morgan fingerprint density at radius 3 is 1.65 bits per heavy atom. The molecule has 326 valence electrons. The van der Waals surface area contributed by atoms with Gasteiger partial charge in [-0.3, -0.25) is 0 Å². The van der Waals surface area contributed by atoms with Gasteiger partial charge in [-0.2, -0.15) is 0 Å². The van der Waals surface area contributed by atoms with Crippen LogP contribution in [0.15, 0.2) is 192 Å². The van der Waals surface area contributed by atoms with E-state index in [-0.39, 0.29) is 12.1 Å². The minimum absolute atomic E-state index is 0.0423. The third-order valence-electron chi connectivity index (χ3n) is 14.9. The first kappa shape index (κ1) is 40.1. The van der Waals surface area contributed by atoms with E-state index < -0.39 is 0 Å². The van der Waals surface area contributed by atoms with E-state index in [1.54, 1.807) is 0 Å². The van der Waals surface area contributed by atoms with Gasteiger partial charge in [0.1, 0.15) is 0 Å². The van der Waals surface area contributed by atoms with Gasteiger partial charge in [0.15, 0.2) is 0 Å². The van der Waals surface area contributed by atoms with Gasteiger partial charge in [-0.15, -0.1) is 11.3 Å². The Morgan fingerprint density at radius 2 is 1.04 bits per heavy atom. The molecule has 14 rings (SSSR count). The number of fused-ring (bicyclic) bond motifs is 13. The Balaban J connectivity index is 1.07. The first-order chi connectivity index (χ1) is 33.3. The van der Waals surface area contributed by atoms with Crippen molar-refractivity contribution < 1.29 is 0 Å². The second kappa shape index (κ2) is 15.0. The predicted octanol–water partition coefficient (Wildman–Crippen LogP) is 15.7. The minimum Gasteiger partial charge on any atom is -0.311 e. The van der Waals surface area contributed by atoms with Gasteiger partial charge in [0, 0.05) is 79.9 Å². The number of rotatable bonds is 6. The number of aryl methyl sites for hydroxylation is 1. The summed E-state index contributed by atoms with van der Waals surface area (Å²) in [5.41, 5.74) is 18.0. The van der Waals surface area contributed by atoms with Crippen LogP contribution in [0, 0.1) is 0 Å². The molecule has 0 radical (unpaired) electrons. The van der Waals surface area contributed by atoms with Crippen molar-refractivity contribution in [1.29, 1.82) is 0 Å². The molecule has 0 amide bonds. The first-order valence-electron chi connectivity index (χ1n) is 24.2. The third-order valence-corrected chi connectivity index (χ3v) is 17.2. The fourth-order valence-electron chi connectivity index (χ4n) is 11.8. The molecule has 2 aliphatic rings. The van der Waals surface area contributed by atoms with E-state index in [9.17, 15) is 0 Å². The van der Waals surface area contributed by atoms with E-state index in [0.29, 0.717) is 0 Å². The van der Waals surface area contributed by atoms with Crippen LogP contribution in [0.3, 0.4) is 0 Å². The van der Waals surface area contributed by atoms with Crippen molar-refractivity contribution in [3.8, 4) is 11.4 Å². The average Bonchev–Trinajstić information content (AvgIpc) is 4.03. The second-order valence-corrected chi connectivity index (χ2v) is 22.0. The number of thiophene rings is 1. The zero-order chi connectivity index (χ0) is 45.4. The lowest BCUT2D eigenvalue weighted by molar-refractivity contribution is 0.589. The predicted molar refractivity (Wildman–Crippen MR) is 295 cm³/mol. The smallest absolute Gasteiger partial charge is 0.249 e. The lowest BCUT2D eigenvalue weighted by Crippen LogP contribution is -2.60. The zero-order valence-corrected chi connectivity index (χ0v) is 40.3. The van der Waals surface area contributed by atoms with E-state index in [2.05, 4.69) is 224 Å². The van der Waals surface area contributed by atoms with Crippen molar-refractivity contribution in [3.05, 3.63) is 193 Å². The summed E-state index contributed by atoms with van der Waals surface area (Å²) in [5.74, 6) is 0. The molecular formula is C62H48BN3S2. The molecule has 0 fully saturated rings. The summed E-state index contributed by atoms with van der Waals surface area (Å²) in [6.07, 6.45) is 3.27. The Labute approximate surface area is 405 Å². The highest BCUT2D eigenvalue weighted by Crippen LogP contribution is 2.49. The van der Waals surface area contributed by atoms with E-state index in [0.717, 1.165) is 19.3 Å². The summed E-state index contributed by atoms with van der Waals surface area (Å²) in [6, 6.07) is 69.2. The number of nitrogens with zero attached hydrogens (tertiary/aromatic N) is 3. The van der Waals surface area contributed by atoms with Crippen LogP contribution in [0.5, 0.6) is 0 Å². The van der Waals surface area contributed by atoms with Crippen LogP contribution in [0.2, 0.25) is 0 Å². The summed E-state index contributed by atoms with van der Waals surface area (Å²) in [7, 11) is 0. The summed E-state index contributed by atoms with van der Waals surface area (Å²) in [5, 5.41) is 7.89. The van der Waals surface area contributed by atoms with Crippen LogP contribution in [0.4, 0.5) is 17.1 Å². The molecule has 0 saturated carbocycles. The summed E-state index contributed by atoms with van der Waals surface area (Å²) >= 11 is 3.89. The van der Waals surface area contributed by atoms with E-state index >= 15 is 0 Å². The molecule has 5 heterocycles. The molecular weight excluding hydrogens is 862 g/mol. The van der Waals surface area contributed by atoms with Crippen LogP contribution < -0.4 is 21.3 Å². The zero-order valence-electron chi connectivity index (χ0n) is 38.7. The van der Waals surface area contributed by atoms with Crippen molar-refractivity contribution in [2.45, 2.75) is 62.2 Å². The molecule has 0 N–H and O–H groups in total. The molecule has 2 aliphatic heterocycles. The van der Waals surface area contributed by atoms with Gasteiger partial charge < -0.3 is 14.0 Å². The van der Waals surface area contributed by atoms with E-state index in [1.165, 1.54) is 130 Å². The molecule has 0 spiro atoms. The molecule has 12 aromatic rings. The average molecular weight is 910 g/mol. The fraction of sp³-hybridized carbons (Fsp3) is 0.129. The minimum atomic E-state index is -0.0813. The molecule has 3 aromatic heterocycles. The summed E-state index contributed by atoms with van der Waals surface area (Å²) in [6.45, 7) is 9.49. The van der Waals surface area contributed by atoms with Gasteiger partial charge >= 0.3 is 0 Å². The Hall–Kier alpha value is -6.99. The number of para-hydroxylation sites is 4. The van der Waals surface area contributed by atoms with Crippen molar-refractivity contribution in [2.24, 2.45) is 0 Å². The molecule has 0 saturated heterocycles. The number of hydrogen-bond donors (Lipinski definition) is 0. The molecule has 0 unspecified atom stereocenters. The molecule has 68 heavy (non-hydrogen) atoms. The molecule has 9 aromatic carbocycles. The number of anilines is 3. The number of aromatic nitrogens is 2. The highest BCUT2D eigenvalue weighted by Gasteiger charge is 2.43. The van der Waals surface area contributed by atoms with Crippen molar-refractivity contribution in [1.82, 2.24) is 9.13 Å². The van der Waals surface area contributed by atoms with E-state index in [4.69, 9.17) is 0 Å². The van der Waals surface area contributed by atoms with Gasteiger partial charge in [0.25, 0.3) is 0 Å². The maximum absolute atomic E-state index is 2.70. The van der Waals surface area contributed by atoms with Crippen molar-refractivity contribution in [2.75, 3.05) is 4.90 Å². The van der Waals surface area contributed by atoms with Crippen LogP contribution in [-0.4, -0.2) is 15.8 Å². The van der Waals surface area contributed by atoms with Gasteiger partial charge in [-0.25, -0.2) is 0 Å². The quantitative estimate of drug-likeness (QED) is 0.154. The van der Waals surface area contributed by atoms with Gasteiger partial charge in [0.05, 0.1) is 22.1 Å². The Kier molecular flexibility index (Phi) is 8.85. The standard InChI is InChI=1S/C62H48BN3S2/c1-5-6-17-45-53(32-33-57-60(45)46-22-11-16-27-56(46)67-57)66-54-36-39(64-49-23-12-7-18-41(49)42-19-8-13-24-50(42)64)28-30-47(54)63-48-31-29-40(65-51-25-14-9-20-43(51)44-21-10-15-26-52(44)65)37-58(48)68-59-35-38(62(2,3)4)34-55(66)61(59)63/h7-16,18-37H,5-6,17H2,1-4H3. The number of benzene rings is 9. The van der Waals surface area contributed by atoms with Crippen molar-refractivity contribution in [3.63, 3.8) is 0 Å². The van der Waals surface area contributed by atoms with E-state index in [1.807, 2.05) is 23.1 Å².